The van der Waals surface area contributed by atoms with Crippen LogP contribution < -0.4 is 21.1 Å². The first-order chi connectivity index (χ1) is 13.0. The predicted molar refractivity (Wildman–Crippen MR) is 103 cm³/mol. The van der Waals surface area contributed by atoms with Crippen LogP contribution in [0.15, 0.2) is 30.3 Å². The van der Waals surface area contributed by atoms with E-state index in [1.807, 2.05) is 0 Å². The number of benzene rings is 1. The van der Waals surface area contributed by atoms with E-state index in [1.165, 1.54) is 6.42 Å². The molecule has 1 aromatic carbocycles. The summed E-state index contributed by atoms with van der Waals surface area (Å²) >= 11 is 0. The van der Waals surface area contributed by atoms with Gasteiger partial charge in [0.15, 0.2) is 0 Å². The molecule has 5 N–H and O–H groups in total. The van der Waals surface area contributed by atoms with Gasteiger partial charge in [0.2, 0.25) is 11.8 Å². The first-order valence-electron chi connectivity index (χ1n) is 9.05. The first-order valence-corrected chi connectivity index (χ1v) is 9.05. The topological polar surface area (TPSA) is 126 Å². The summed E-state index contributed by atoms with van der Waals surface area (Å²) in [7, 11) is 0. The first kappa shape index (κ1) is 18.6. The fourth-order valence-electron chi connectivity index (χ4n) is 3.04. The van der Waals surface area contributed by atoms with Crippen molar-refractivity contribution in [2.45, 2.75) is 45.1 Å². The summed E-state index contributed by atoms with van der Waals surface area (Å²) in [4.78, 5) is 20.7. The van der Waals surface area contributed by atoms with Crippen molar-refractivity contribution in [1.82, 2.24) is 15.3 Å². The number of carbonyl (C=O) groups is 1. The van der Waals surface area contributed by atoms with E-state index >= 15 is 0 Å². The van der Waals surface area contributed by atoms with Crippen molar-refractivity contribution in [3.05, 3.63) is 41.6 Å². The molecule has 0 atom stereocenters. The number of aryl methyl sites for hydroxylation is 1. The molecule has 1 saturated carbocycles. The molecule has 0 bridgehead atoms. The zero-order valence-electron chi connectivity index (χ0n) is 15.3. The lowest BCUT2D eigenvalue weighted by atomic mass is 9.96. The summed E-state index contributed by atoms with van der Waals surface area (Å²) < 4.78 is 5.73. The van der Waals surface area contributed by atoms with Crippen LogP contribution in [0.3, 0.4) is 0 Å². The summed E-state index contributed by atoms with van der Waals surface area (Å²) in [5.41, 5.74) is 6.73. The minimum absolute atomic E-state index is 0.00473. The van der Waals surface area contributed by atoms with E-state index < -0.39 is 0 Å². The van der Waals surface area contributed by atoms with Gasteiger partial charge in [0.05, 0.1) is 0 Å². The van der Waals surface area contributed by atoms with Crippen LogP contribution >= 0.6 is 0 Å². The van der Waals surface area contributed by atoms with E-state index in [0.29, 0.717) is 22.9 Å². The van der Waals surface area contributed by atoms with Gasteiger partial charge in [0.1, 0.15) is 11.6 Å². The number of amides is 2. The van der Waals surface area contributed by atoms with Gasteiger partial charge in [0.25, 0.3) is 0 Å². The molecule has 1 fully saturated rings. The molecule has 0 aliphatic heterocycles. The minimum Gasteiger partial charge on any atom is -0.439 e. The highest BCUT2D eigenvalue weighted by molar-refractivity contribution is 5.95. The second-order valence-corrected chi connectivity index (χ2v) is 6.64. The van der Waals surface area contributed by atoms with Crippen molar-refractivity contribution in [2.24, 2.45) is 5.73 Å². The van der Waals surface area contributed by atoms with Crippen molar-refractivity contribution in [3.63, 3.8) is 0 Å². The molecule has 0 saturated heterocycles. The van der Waals surface area contributed by atoms with Crippen LogP contribution in [-0.4, -0.2) is 27.9 Å². The molecule has 1 aliphatic carbocycles. The van der Waals surface area contributed by atoms with Crippen LogP contribution in [-0.2, 0) is 0 Å². The van der Waals surface area contributed by atoms with E-state index in [4.69, 9.17) is 15.9 Å². The fourth-order valence-corrected chi connectivity index (χ4v) is 3.04. The molecule has 0 unspecified atom stereocenters. The number of nitrogens with two attached hydrogens (primary N) is 1. The fraction of sp³-hybridized carbons (Fsp3) is 0.368. The molecule has 1 aliphatic rings. The zero-order valence-corrected chi connectivity index (χ0v) is 15.3. The number of carbonyl (C=O) groups excluding carboxylic acids is 1. The quantitative estimate of drug-likeness (QED) is 0.476. The Balaban J connectivity index is 1.64. The Kier molecular flexibility index (Phi) is 5.85. The predicted octanol–water partition coefficient (Wildman–Crippen LogP) is 3.32. The number of nitrogen functional groups attached to an aromatic ring is 1. The van der Waals surface area contributed by atoms with Gasteiger partial charge < -0.3 is 15.8 Å². The Labute approximate surface area is 158 Å². The van der Waals surface area contributed by atoms with E-state index in [9.17, 15) is 4.79 Å². The number of ether oxygens (including phenoxy) is 1. The molecule has 2 aromatic rings. The smallest absolute Gasteiger partial charge is 0.321 e. The van der Waals surface area contributed by atoms with Gasteiger partial charge in [-0.1, -0.05) is 19.3 Å². The SMILES string of the molecule is Cc1cc(Oc2ccc(C(=N)N)cc2)nc(NC(=O)NC2CCCCC2)n1. The highest BCUT2D eigenvalue weighted by Gasteiger charge is 2.16. The number of amidine groups is 1. The van der Waals surface area contributed by atoms with E-state index in [1.54, 1.807) is 37.3 Å². The molecule has 0 spiro atoms. The number of rotatable bonds is 5. The Morgan fingerprint density at radius 1 is 1.19 bits per heavy atom. The summed E-state index contributed by atoms with van der Waals surface area (Å²) in [6.45, 7) is 1.80. The average molecular weight is 368 g/mol. The highest BCUT2D eigenvalue weighted by Crippen LogP contribution is 2.22. The van der Waals surface area contributed by atoms with Crippen LogP contribution in [0.25, 0.3) is 0 Å². The van der Waals surface area contributed by atoms with Crippen LogP contribution in [0.1, 0.15) is 43.4 Å². The summed E-state index contributed by atoms with van der Waals surface area (Å²) in [6.07, 6.45) is 5.53. The second-order valence-electron chi connectivity index (χ2n) is 6.64. The minimum atomic E-state index is -0.302. The Morgan fingerprint density at radius 2 is 1.89 bits per heavy atom. The normalized spacial score (nSPS) is 14.4. The number of nitrogens with zero attached hydrogens (tertiary/aromatic N) is 2. The lowest BCUT2D eigenvalue weighted by molar-refractivity contribution is 0.244. The summed E-state index contributed by atoms with van der Waals surface area (Å²) in [5.74, 6) is 1.07. The largest absolute Gasteiger partial charge is 0.439 e. The number of nitrogens with one attached hydrogen (secondary N) is 3. The number of hydrogen-bond donors (Lipinski definition) is 4. The van der Waals surface area contributed by atoms with Crippen LogP contribution in [0.5, 0.6) is 11.6 Å². The molecular formula is C19H24N6O2. The van der Waals surface area contributed by atoms with Gasteiger partial charge in [-0.25, -0.2) is 9.78 Å². The van der Waals surface area contributed by atoms with Crippen LogP contribution in [0.4, 0.5) is 10.7 Å². The van der Waals surface area contributed by atoms with Gasteiger partial charge in [0, 0.05) is 23.4 Å². The maximum atomic E-state index is 12.2. The number of urea groups is 1. The maximum absolute atomic E-state index is 12.2. The lowest BCUT2D eigenvalue weighted by Gasteiger charge is -2.22. The molecular weight excluding hydrogens is 344 g/mol. The third kappa shape index (κ3) is 5.40. The van der Waals surface area contributed by atoms with Gasteiger partial charge in [-0.15, -0.1) is 0 Å². The van der Waals surface area contributed by atoms with Gasteiger partial charge >= 0.3 is 6.03 Å². The van der Waals surface area contributed by atoms with E-state index in [2.05, 4.69) is 20.6 Å². The molecule has 2 amide bonds. The van der Waals surface area contributed by atoms with Crippen molar-refractivity contribution in [3.8, 4) is 11.6 Å². The Morgan fingerprint density at radius 3 is 2.56 bits per heavy atom. The van der Waals surface area contributed by atoms with Crippen molar-refractivity contribution >= 4 is 17.8 Å². The molecule has 3 rings (SSSR count). The van der Waals surface area contributed by atoms with Gasteiger partial charge in [-0.3, -0.25) is 10.7 Å². The van der Waals surface area contributed by atoms with E-state index in [-0.39, 0.29) is 23.9 Å². The Hall–Kier alpha value is -3.16. The zero-order chi connectivity index (χ0) is 19.2. The number of hydrogen-bond acceptors (Lipinski definition) is 5. The van der Waals surface area contributed by atoms with Crippen molar-refractivity contribution < 1.29 is 9.53 Å². The molecule has 27 heavy (non-hydrogen) atoms. The van der Waals surface area contributed by atoms with Crippen molar-refractivity contribution in [2.75, 3.05) is 5.32 Å². The highest BCUT2D eigenvalue weighted by atomic mass is 16.5. The average Bonchev–Trinajstić information content (AvgIpc) is 2.62. The van der Waals surface area contributed by atoms with Gasteiger partial charge in [-0.05, 0) is 44.0 Å². The van der Waals surface area contributed by atoms with Crippen molar-refractivity contribution in [1.29, 1.82) is 5.41 Å². The standard InChI is InChI=1S/C19H24N6O2/c1-12-11-16(27-15-9-7-13(8-10-15)17(20)21)24-18(22-12)25-19(26)23-14-5-3-2-4-6-14/h7-11,14H,2-6H2,1H3,(H3,20,21)(H2,22,23,24,25,26). The molecule has 1 heterocycles. The van der Waals surface area contributed by atoms with Crippen LogP contribution in [0, 0.1) is 12.3 Å². The second kappa shape index (κ2) is 8.48. The van der Waals surface area contributed by atoms with Crippen LogP contribution in [0.2, 0.25) is 0 Å². The maximum Gasteiger partial charge on any atom is 0.321 e. The van der Waals surface area contributed by atoms with Gasteiger partial charge in [-0.2, -0.15) is 4.98 Å². The lowest BCUT2D eigenvalue weighted by Crippen LogP contribution is -2.39. The third-order valence-electron chi connectivity index (χ3n) is 4.38. The van der Waals surface area contributed by atoms with E-state index in [0.717, 1.165) is 25.7 Å². The summed E-state index contributed by atoms with van der Waals surface area (Å²) in [5, 5.41) is 13.1. The molecule has 142 valence electrons. The molecule has 1 aromatic heterocycles. The Bertz CT molecular complexity index is 815. The third-order valence-corrected chi connectivity index (χ3v) is 4.38. The monoisotopic (exact) mass is 368 g/mol. The number of aromatic nitrogens is 2. The molecule has 8 heteroatoms. The summed E-state index contributed by atoms with van der Waals surface area (Å²) in [6, 6.07) is 8.39. The number of anilines is 1. The molecule has 8 nitrogen and oxygen atoms in total. The molecule has 0 radical (unpaired) electrons.